The van der Waals surface area contributed by atoms with E-state index in [0.29, 0.717) is 5.75 Å². The molecule has 2 atom stereocenters. The van der Waals surface area contributed by atoms with Gasteiger partial charge in [-0.3, -0.25) is 14.4 Å². The summed E-state index contributed by atoms with van der Waals surface area (Å²) < 4.78 is 50.6. The van der Waals surface area contributed by atoms with Crippen LogP contribution < -0.4 is 15.4 Å². The van der Waals surface area contributed by atoms with Gasteiger partial charge in [0.1, 0.15) is 23.4 Å². The second-order valence-electron chi connectivity index (χ2n) is 10.7. The summed E-state index contributed by atoms with van der Waals surface area (Å²) in [6, 6.07) is 11.6. The number of rotatable bonds is 11. The summed E-state index contributed by atoms with van der Waals surface area (Å²) in [4.78, 5) is 43.5. The minimum absolute atomic E-state index is 0.0870. The number of carbonyl (C=O) groups is 3. The summed E-state index contributed by atoms with van der Waals surface area (Å²) in [5.41, 5.74) is 3.90. The highest BCUT2D eigenvalue weighted by Gasteiger charge is 2.41. The molecular weight excluding hydrogens is 577 g/mol. The van der Waals surface area contributed by atoms with Gasteiger partial charge in [-0.05, 0) is 66.8 Å². The summed E-state index contributed by atoms with van der Waals surface area (Å²) in [7, 11) is 0. The molecular formula is C32H33F3N4O5. The maximum atomic E-state index is 14.3. The van der Waals surface area contributed by atoms with Crippen molar-refractivity contribution in [3.05, 3.63) is 88.5 Å². The number of aromatic amines is 1. The fourth-order valence-corrected chi connectivity index (χ4v) is 5.38. The first-order valence-electron chi connectivity index (χ1n) is 14.4. The molecule has 1 saturated heterocycles. The van der Waals surface area contributed by atoms with Gasteiger partial charge >= 0.3 is 6.61 Å². The van der Waals surface area contributed by atoms with Gasteiger partial charge in [0.25, 0.3) is 5.91 Å². The van der Waals surface area contributed by atoms with Crippen LogP contribution in [0.4, 0.5) is 13.2 Å². The number of likely N-dealkylation sites (tertiary alicyclic amines) is 1. The summed E-state index contributed by atoms with van der Waals surface area (Å²) in [5.74, 6) is -2.13. The number of carbonyl (C=O) groups excluding carboxylic acids is 3. The van der Waals surface area contributed by atoms with Crippen molar-refractivity contribution in [2.24, 2.45) is 0 Å². The number of aromatic nitrogens is 1. The van der Waals surface area contributed by atoms with E-state index in [4.69, 9.17) is 4.74 Å². The SMILES string of the molecule is CCc1ccc(Oc2cc(F)cc(C(=O)NCC(=O)N3C[C@H](OC(F)F)C[C@H]3C(=O)NCc3cc4c([nH]3)C=CCC4)c2)cc1. The number of nitrogens with zero attached hydrogens (tertiary/aromatic N) is 1. The number of alkyl halides is 2. The number of amides is 3. The molecule has 2 aromatic carbocycles. The highest BCUT2D eigenvalue weighted by molar-refractivity contribution is 5.97. The number of H-pyrrole nitrogens is 1. The van der Waals surface area contributed by atoms with Crippen LogP contribution in [-0.2, 0) is 33.7 Å². The molecule has 1 aromatic heterocycles. The summed E-state index contributed by atoms with van der Waals surface area (Å²) in [6.07, 6.45) is 5.49. The van der Waals surface area contributed by atoms with Gasteiger partial charge in [-0.25, -0.2) is 4.39 Å². The van der Waals surface area contributed by atoms with Gasteiger partial charge in [0.2, 0.25) is 11.8 Å². The summed E-state index contributed by atoms with van der Waals surface area (Å²) >= 11 is 0. The quantitative estimate of drug-likeness (QED) is 0.291. The lowest BCUT2D eigenvalue weighted by atomic mass is 10.0. The van der Waals surface area contributed by atoms with Crippen LogP contribution in [-0.4, -0.2) is 59.5 Å². The highest BCUT2D eigenvalue weighted by atomic mass is 19.3. The fourth-order valence-electron chi connectivity index (χ4n) is 5.38. The molecule has 3 aromatic rings. The standard InChI is InChI=1S/C32H33F3N4O5/c1-2-19-7-9-24(10-8-19)43-25-13-21(11-22(33)14-25)30(41)37-17-29(40)39-18-26(44-32(34)35)15-28(39)31(42)36-16-23-12-20-5-3-4-6-27(20)38-23/h4,6-14,26,28,32,38H,2-3,5,15-18H2,1H3,(H,36,42)(H,37,41)/t26-,28+/m1/s1. The third-order valence-corrected chi connectivity index (χ3v) is 7.59. The van der Waals surface area contributed by atoms with Crippen molar-refractivity contribution in [1.82, 2.24) is 20.5 Å². The van der Waals surface area contributed by atoms with Crippen LogP contribution >= 0.6 is 0 Å². The zero-order chi connectivity index (χ0) is 31.2. The van der Waals surface area contributed by atoms with Crippen molar-refractivity contribution in [1.29, 1.82) is 0 Å². The molecule has 1 aliphatic carbocycles. The molecule has 5 rings (SSSR count). The Kier molecular flexibility index (Phi) is 9.69. The first-order chi connectivity index (χ1) is 21.2. The van der Waals surface area contributed by atoms with Gasteiger partial charge in [0.05, 0.1) is 19.2 Å². The molecule has 9 nitrogen and oxygen atoms in total. The van der Waals surface area contributed by atoms with Gasteiger partial charge in [-0.1, -0.05) is 25.1 Å². The normalized spacial score (nSPS) is 17.4. The average molecular weight is 611 g/mol. The molecule has 232 valence electrons. The lowest BCUT2D eigenvalue weighted by molar-refractivity contribution is -0.160. The van der Waals surface area contributed by atoms with Gasteiger partial charge in [-0.15, -0.1) is 0 Å². The third-order valence-electron chi connectivity index (χ3n) is 7.59. The molecule has 2 aliphatic rings. The molecule has 0 radical (unpaired) electrons. The van der Waals surface area contributed by atoms with Crippen molar-refractivity contribution >= 4 is 23.8 Å². The van der Waals surface area contributed by atoms with E-state index in [2.05, 4.69) is 26.4 Å². The maximum absolute atomic E-state index is 14.3. The lowest BCUT2D eigenvalue weighted by Gasteiger charge is -2.24. The number of fused-ring (bicyclic) bond motifs is 1. The van der Waals surface area contributed by atoms with Crippen LogP contribution in [0, 0.1) is 5.82 Å². The van der Waals surface area contributed by atoms with E-state index in [1.807, 2.05) is 31.2 Å². The number of ether oxygens (including phenoxy) is 2. The Labute approximate surface area is 252 Å². The maximum Gasteiger partial charge on any atom is 0.345 e. The molecule has 3 N–H and O–H groups in total. The Bertz CT molecular complexity index is 1540. The fraction of sp³-hybridized carbons (Fsp3) is 0.344. The minimum atomic E-state index is -3.08. The number of hydrogen-bond donors (Lipinski definition) is 3. The predicted octanol–water partition coefficient (Wildman–Crippen LogP) is 4.72. The van der Waals surface area contributed by atoms with Crippen LogP contribution in [0.25, 0.3) is 6.08 Å². The van der Waals surface area contributed by atoms with Crippen LogP contribution in [0.3, 0.4) is 0 Å². The van der Waals surface area contributed by atoms with E-state index in [0.717, 1.165) is 58.8 Å². The number of hydrogen-bond acceptors (Lipinski definition) is 5. The van der Waals surface area contributed by atoms with E-state index < -0.39 is 48.8 Å². The molecule has 0 unspecified atom stereocenters. The van der Waals surface area contributed by atoms with E-state index in [1.54, 1.807) is 12.1 Å². The van der Waals surface area contributed by atoms with Gasteiger partial charge in [0.15, 0.2) is 0 Å². The van der Waals surface area contributed by atoms with Gasteiger partial charge in [0, 0.05) is 36.0 Å². The van der Waals surface area contributed by atoms with Gasteiger partial charge < -0.3 is 30.0 Å². The largest absolute Gasteiger partial charge is 0.457 e. The Morgan fingerprint density at radius 2 is 1.86 bits per heavy atom. The van der Waals surface area contributed by atoms with E-state index in [1.165, 1.54) is 6.07 Å². The van der Waals surface area contributed by atoms with E-state index >= 15 is 0 Å². The summed E-state index contributed by atoms with van der Waals surface area (Å²) in [6.45, 7) is -1.72. The predicted molar refractivity (Wildman–Crippen MR) is 156 cm³/mol. The highest BCUT2D eigenvalue weighted by Crippen LogP contribution is 2.26. The number of halogens is 3. The number of nitrogens with one attached hydrogen (secondary N) is 3. The second kappa shape index (κ2) is 13.8. The van der Waals surface area contributed by atoms with Crippen molar-refractivity contribution < 1.29 is 37.0 Å². The molecule has 44 heavy (non-hydrogen) atoms. The molecule has 1 aliphatic heterocycles. The van der Waals surface area contributed by atoms with Crippen LogP contribution in [0.5, 0.6) is 11.5 Å². The van der Waals surface area contributed by atoms with Crippen LogP contribution in [0.2, 0.25) is 0 Å². The van der Waals surface area contributed by atoms with E-state index in [-0.39, 0.29) is 30.8 Å². The first-order valence-corrected chi connectivity index (χ1v) is 14.4. The van der Waals surface area contributed by atoms with Crippen molar-refractivity contribution in [3.8, 4) is 11.5 Å². The molecule has 0 spiro atoms. The average Bonchev–Trinajstić information content (AvgIpc) is 3.62. The molecule has 3 amide bonds. The molecule has 2 heterocycles. The topological polar surface area (TPSA) is 113 Å². The Morgan fingerprint density at radius 3 is 2.59 bits per heavy atom. The first kappa shape index (κ1) is 30.9. The molecule has 0 saturated carbocycles. The smallest absolute Gasteiger partial charge is 0.345 e. The van der Waals surface area contributed by atoms with Crippen molar-refractivity contribution in [3.63, 3.8) is 0 Å². The zero-order valence-electron chi connectivity index (χ0n) is 24.1. The van der Waals surface area contributed by atoms with Crippen molar-refractivity contribution in [2.45, 2.75) is 57.9 Å². The molecule has 0 bridgehead atoms. The molecule has 12 heteroatoms. The number of aryl methyl sites for hydroxylation is 2. The Hall–Kier alpha value is -4.58. The lowest BCUT2D eigenvalue weighted by Crippen LogP contribution is -2.49. The number of benzene rings is 2. The van der Waals surface area contributed by atoms with Crippen LogP contribution in [0.15, 0.2) is 54.6 Å². The second-order valence-corrected chi connectivity index (χ2v) is 10.7. The molecule has 1 fully saturated rings. The third kappa shape index (κ3) is 7.67. The summed E-state index contributed by atoms with van der Waals surface area (Å²) in [5, 5.41) is 5.19. The minimum Gasteiger partial charge on any atom is -0.457 e. The van der Waals surface area contributed by atoms with Crippen molar-refractivity contribution in [2.75, 3.05) is 13.1 Å². The number of allylic oxidation sites excluding steroid dienone is 1. The Morgan fingerprint density at radius 1 is 1.07 bits per heavy atom. The van der Waals surface area contributed by atoms with Crippen LogP contribution in [0.1, 0.15) is 52.6 Å². The zero-order valence-corrected chi connectivity index (χ0v) is 24.1. The Balaban J connectivity index is 1.20. The van der Waals surface area contributed by atoms with E-state index in [9.17, 15) is 27.6 Å². The monoisotopic (exact) mass is 610 g/mol. The van der Waals surface area contributed by atoms with Gasteiger partial charge in [-0.2, -0.15) is 8.78 Å².